The molecule has 6 heteroatoms. The highest BCUT2D eigenvalue weighted by molar-refractivity contribution is 6.14. The van der Waals surface area contributed by atoms with Crippen LogP contribution < -0.4 is 14.2 Å². The van der Waals surface area contributed by atoms with E-state index in [2.05, 4.69) is 4.98 Å². The van der Waals surface area contributed by atoms with Gasteiger partial charge in [0.25, 0.3) is 0 Å². The molecule has 6 nitrogen and oxygen atoms in total. The number of ketones is 1. The molecule has 0 spiro atoms. The molecule has 3 aromatic rings. The summed E-state index contributed by atoms with van der Waals surface area (Å²) in [5, 5.41) is 0. The summed E-state index contributed by atoms with van der Waals surface area (Å²) in [6.07, 6.45) is 4.64. The Bertz CT molecular complexity index is 1110. The quantitative estimate of drug-likeness (QED) is 0.369. The zero-order valence-corrected chi connectivity index (χ0v) is 15.6. The second-order valence-corrected chi connectivity index (χ2v) is 6.20. The number of esters is 1. The van der Waals surface area contributed by atoms with Gasteiger partial charge in [0.15, 0.2) is 5.76 Å². The molecule has 0 unspecified atom stereocenters. The number of allylic oxidation sites excluding steroid dienone is 1. The molecule has 1 aliphatic rings. The Morgan fingerprint density at radius 1 is 1.14 bits per heavy atom. The van der Waals surface area contributed by atoms with Crippen molar-refractivity contribution in [3.05, 3.63) is 89.4 Å². The molecule has 2 aromatic carbocycles. The average molecular weight is 387 g/mol. The van der Waals surface area contributed by atoms with Crippen molar-refractivity contribution in [2.75, 3.05) is 6.61 Å². The molecule has 0 atom stereocenters. The Morgan fingerprint density at radius 3 is 2.79 bits per heavy atom. The van der Waals surface area contributed by atoms with Crippen LogP contribution in [0.15, 0.2) is 72.8 Å². The number of rotatable bonds is 5. The van der Waals surface area contributed by atoms with Crippen molar-refractivity contribution >= 4 is 17.8 Å². The first-order valence-electron chi connectivity index (χ1n) is 9.08. The summed E-state index contributed by atoms with van der Waals surface area (Å²) in [6.45, 7) is 2.41. The number of ether oxygens (including phenoxy) is 3. The third kappa shape index (κ3) is 3.87. The maximum Gasteiger partial charge on any atom is 0.345 e. The van der Waals surface area contributed by atoms with Gasteiger partial charge in [0.2, 0.25) is 5.78 Å². The summed E-state index contributed by atoms with van der Waals surface area (Å²) in [5.74, 6) is 0.692. The Morgan fingerprint density at radius 2 is 2.00 bits per heavy atom. The van der Waals surface area contributed by atoms with E-state index in [0.29, 0.717) is 29.2 Å². The largest absolute Gasteiger partial charge is 0.493 e. The average Bonchev–Trinajstić information content (AvgIpc) is 3.05. The van der Waals surface area contributed by atoms with E-state index in [1.807, 2.05) is 31.2 Å². The molecule has 0 N–H and O–H groups in total. The predicted octanol–water partition coefficient (Wildman–Crippen LogP) is 4.32. The minimum atomic E-state index is -0.538. The normalized spacial score (nSPS) is 13.7. The number of aromatic nitrogens is 1. The molecule has 0 aliphatic carbocycles. The van der Waals surface area contributed by atoms with Gasteiger partial charge < -0.3 is 14.2 Å². The van der Waals surface area contributed by atoms with Crippen LogP contribution >= 0.6 is 0 Å². The van der Waals surface area contributed by atoms with Crippen molar-refractivity contribution in [3.63, 3.8) is 0 Å². The number of benzene rings is 2. The van der Waals surface area contributed by atoms with Gasteiger partial charge in [-0.05, 0) is 43.3 Å². The van der Waals surface area contributed by atoms with Gasteiger partial charge in [0.1, 0.15) is 17.2 Å². The summed E-state index contributed by atoms with van der Waals surface area (Å²) in [4.78, 5) is 28.8. The zero-order chi connectivity index (χ0) is 20.2. The van der Waals surface area contributed by atoms with Crippen LogP contribution in [0.25, 0.3) is 6.08 Å². The number of nitrogens with zero attached hydrogens (tertiary/aromatic N) is 1. The maximum absolute atomic E-state index is 12.7. The van der Waals surface area contributed by atoms with Gasteiger partial charge >= 0.3 is 5.97 Å². The standard InChI is InChI=1S/C23H17NO5/c1-2-27-19-8-4-3-6-15(19)12-21-22(25)18-10-9-17(13-20(18)29-21)28-23(26)16-7-5-11-24-14-16/h3-14H,2H2,1H3/b21-12-. The molecule has 0 radical (unpaired) electrons. The first kappa shape index (κ1) is 18.4. The predicted molar refractivity (Wildman–Crippen MR) is 106 cm³/mol. The molecule has 0 fully saturated rings. The van der Waals surface area contributed by atoms with Crippen LogP contribution in [0.3, 0.4) is 0 Å². The number of hydrogen-bond acceptors (Lipinski definition) is 6. The SMILES string of the molecule is CCOc1ccccc1/C=C1\Oc2cc(OC(=O)c3cccnc3)ccc2C1=O. The molecule has 0 amide bonds. The Labute approximate surface area is 167 Å². The molecule has 1 aromatic heterocycles. The van der Waals surface area contributed by atoms with E-state index in [-0.39, 0.29) is 17.3 Å². The summed E-state index contributed by atoms with van der Waals surface area (Å²) < 4.78 is 16.7. The fraction of sp³-hybridized carbons (Fsp3) is 0.0870. The lowest BCUT2D eigenvalue weighted by Crippen LogP contribution is -2.08. The molecule has 0 saturated heterocycles. The van der Waals surface area contributed by atoms with Crippen LogP contribution in [0.5, 0.6) is 17.2 Å². The van der Waals surface area contributed by atoms with Crippen molar-refractivity contribution < 1.29 is 23.8 Å². The smallest absolute Gasteiger partial charge is 0.345 e. The van der Waals surface area contributed by atoms with Crippen LogP contribution in [-0.4, -0.2) is 23.3 Å². The van der Waals surface area contributed by atoms with Crippen molar-refractivity contribution in [3.8, 4) is 17.2 Å². The highest BCUT2D eigenvalue weighted by atomic mass is 16.5. The summed E-state index contributed by atoms with van der Waals surface area (Å²) in [7, 11) is 0. The highest BCUT2D eigenvalue weighted by Crippen LogP contribution is 2.35. The third-order valence-electron chi connectivity index (χ3n) is 4.25. The molecular formula is C23H17NO5. The number of pyridine rings is 1. The van der Waals surface area contributed by atoms with E-state index in [1.54, 1.807) is 36.5 Å². The van der Waals surface area contributed by atoms with Gasteiger partial charge in [0.05, 0.1) is 17.7 Å². The monoisotopic (exact) mass is 387 g/mol. The van der Waals surface area contributed by atoms with Gasteiger partial charge in [-0.2, -0.15) is 0 Å². The first-order chi connectivity index (χ1) is 14.2. The van der Waals surface area contributed by atoms with Gasteiger partial charge in [-0.3, -0.25) is 9.78 Å². The highest BCUT2D eigenvalue weighted by Gasteiger charge is 2.28. The minimum absolute atomic E-state index is 0.183. The lowest BCUT2D eigenvalue weighted by molar-refractivity contribution is 0.0734. The Hall–Kier alpha value is -3.93. The Kier molecular flexibility index (Phi) is 5.07. The number of hydrogen-bond donors (Lipinski definition) is 0. The van der Waals surface area contributed by atoms with Gasteiger partial charge in [0, 0.05) is 24.0 Å². The number of carbonyl (C=O) groups is 2. The fourth-order valence-electron chi connectivity index (χ4n) is 2.91. The maximum atomic E-state index is 12.7. The summed E-state index contributed by atoms with van der Waals surface area (Å²) in [5.41, 5.74) is 1.48. The van der Waals surface area contributed by atoms with Crippen LogP contribution in [-0.2, 0) is 0 Å². The molecular weight excluding hydrogens is 370 g/mol. The lowest BCUT2D eigenvalue weighted by Gasteiger charge is -2.07. The topological polar surface area (TPSA) is 74.7 Å². The second-order valence-electron chi connectivity index (χ2n) is 6.20. The van der Waals surface area contributed by atoms with Gasteiger partial charge in [-0.15, -0.1) is 0 Å². The van der Waals surface area contributed by atoms with E-state index < -0.39 is 5.97 Å². The Balaban J connectivity index is 1.57. The minimum Gasteiger partial charge on any atom is -0.493 e. The number of carbonyl (C=O) groups excluding carboxylic acids is 2. The summed E-state index contributed by atoms with van der Waals surface area (Å²) >= 11 is 0. The summed E-state index contributed by atoms with van der Waals surface area (Å²) in [6, 6.07) is 15.3. The first-order valence-corrected chi connectivity index (χ1v) is 9.08. The van der Waals surface area contributed by atoms with Crippen molar-refractivity contribution in [2.45, 2.75) is 6.92 Å². The van der Waals surface area contributed by atoms with Crippen LogP contribution in [0, 0.1) is 0 Å². The van der Waals surface area contributed by atoms with E-state index >= 15 is 0 Å². The molecule has 2 heterocycles. The van der Waals surface area contributed by atoms with Gasteiger partial charge in [-0.25, -0.2) is 4.79 Å². The van der Waals surface area contributed by atoms with Crippen molar-refractivity contribution in [1.82, 2.24) is 4.98 Å². The molecule has 4 rings (SSSR count). The van der Waals surface area contributed by atoms with E-state index in [1.165, 1.54) is 12.3 Å². The zero-order valence-electron chi connectivity index (χ0n) is 15.6. The number of fused-ring (bicyclic) bond motifs is 1. The lowest BCUT2D eigenvalue weighted by atomic mass is 10.1. The molecule has 29 heavy (non-hydrogen) atoms. The van der Waals surface area contributed by atoms with Crippen LogP contribution in [0.4, 0.5) is 0 Å². The van der Waals surface area contributed by atoms with E-state index in [0.717, 1.165) is 5.56 Å². The molecule has 0 saturated carbocycles. The van der Waals surface area contributed by atoms with Crippen molar-refractivity contribution in [1.29, 1.82) is 0 Å². The van der Waals surface area contributed by atoms with Gasteiger partial charge in [-0.1, -0.05) is 18.2 Å². The molecule has 144 valence electrons. The second kappa shape index (κ2) is 7.98. The van der Waals surface area contributed by atoms with Crippen molar-refractivity contribution in [2.24, 2.45) is 0 Å². The van der Waals surface area contributed by atoms with E-state index in [4.69, 9.17) is 14.2 Å². The van der Waals surface area contributed by atoms with Crippen LogP contribution in [0.1, 0.15) is 33.2 Å². The number of Topliss-reactive ketones (excluding diaryl/α,β-unsaturated/α-hetero) is 1. The molecule has 1 aliphatic heterocycles. The van der Waals surface area contributed by atoms with Crippen LogP contribution in [0.2, 0.25) is 0 Å². The number of para-hydroxylation sites is 1. The fourth-order valence-corrected chi connectivity index (χ4v) is 2.91. The third-order valence-corrected chi connectivity index (χ3v) is 4.25. The molecule has 0 bridgehead atoms. The van der Waals surface area contributed by atoms with E-state index in [9.17, 15) is 9.59 Å².